The van der Waals surface area contributed by atoms with Crippen molar-refractivity contribution >= 4 is 5.82 Å². The lowest BCUT2D eigenvalue weighted by Crippen LogP contribution is -2.15. The van der Waals surface area contributed by atoms with Crippen molar-refractivity contribution in [3.05, 3.63) is 41.3 Å². The van der Waals surface area contributed by atoms with Gasteiger partial charge in [-0.05, 0) is 23.6 Å². The average molecular weight is 287 g/mol. The summed E-state index contributed by atoms with van der Waals surface area (Å²) in [6.07, 6.45) is 3.95. The van der Waals surface area contributed by atoms with Crippen molar-refractivity contribution in [3.8, 4) is 0 Å². The minimum atomic E-state index is 0.448. The summed E-state index contributed by atoms with van der Waals surface area (Å²) in [4.78, 5) is 6.35. The Balaban J connectivity index is 1.97. The maximum atomic E-state index is 4.53. The number of rotatable bonds is 6. The van der Waals surface area contributed by atoms with Crippen LogP contribution < -0.4 is 10.2 Å². The Labute approximate surface area is 127 Å². The molecule has 0 atom stereocenters. The molecule has 1 N–H and O–H groups in total. The molecule has 0 spiro atoms. The standard InChI is InChI=1S/C16H25N5/c1-12(2)16-14(11-21(5)19-16)10-17-9-13-6-7-18-15(8-13)20(3)4/h6-8,11-12,17H,9-10H2,1-5H3. The first-order chi connectivity index (χ1) is 9.97. The van der Waals surface area contributed by atoms with Gasteiger partial charge in [-0.1, -0.05) is 13.8 Å². The molecule has 5 heteroatoms. The van der Waals surface area contributed by atoms with Crippen LogP contribution in [0.3, 0.4) is 0 Å². The molecule has 0 aromatic carbocycles. The average Bonchev–Trinajstić information content (AvgIpc) is 2.80. The van der Waals surface area contributed by atoms with Gasteiger partial charge in [0.25, 0.3) is 0 Å². The van der Waals surface area contributed by atoms with Crippen LogP contribution in [0.25, 0.3) is 0 Å². The van der Waals surface area contributed by atoms with Crippen LogP contribution in [-0.2, 0) is 20.1 Å². The zero-order chi connectivity index (χ0) is 15.4. The monoisotopic (exact) mass is 287 g/mol. The molecule has 0 saturated heterocycles. The van der Waals surface area contributed by atoms with E-state index in [0.717, 1.165) is 18.9 Å². The molecule has 114 valence electrons. The zero-order valence-electron chi connectivity index (χ0n) is 13.6. The molecule has 0 fully saturated rings. The molecule has 21 heavy (non-hydrogen) atoms. The first-order valence-corrected chi connectivity index (χ1v) is 7.32. The van der Waals surface area contributed by atoms with E-state index in [0.29, 0.717) is 5.92 Å². The van der Waals surface area contributed by atoms with Gasteiger partial charge in [-0.25, -0.2) is 4.98 Å². The number of pyridine rings is 1. The smallest absolute Gasteiger partial charge is 0.128 e. The Morgan fingerprint density at radius 2 is 2.05 bits per heavy atom. The van der Waals surface area contributed by atoms with Crippen LogP contribution in [0.15, 0.2) is 24.5 Å². The Kier molecular flexibility index (Phi) is 4.96. The van der Waals surface area contributed by atoms with Crippen LogP contribution >= 0.6 is 0 Å². The third-order valence-electron chi connectivity index (χ3n) is 3.40. The number of hydrogen-bond acceptors (Lipinski definition) is 4. The fourth-order valence-corrected chi connectivity index (χ4v) is 2.33. The first kappa shape index (κ1) is 15.5. The quantitative estimate of drug-likeness (QED) is 0.885. The Morgan fingerprint density at radius 3 is 2.71 bits per heavy atom. The highest BCUT2D eigenvalue weighted by Crippen LogP contribution is 2.17. The summed E-state index contributed by atoms with van der Waals surface area (Å²) in [5.41, 5.74) is 3.69. The molecule has 0 unspecified atom stereocenters. The van der Waals surface area contributed by atoms with Crippen molar-refractivity contribution < 1.29 is 0 Å². The lowest BCUT2D eigenvalue weighted by molar-refractivity contribution is 0.677. The molecule has 0 aliphatic heterocycles. The molecule has 0 bridgehead atoms. The molecule has 2 aromatic heterocycles. The number of nitrogens with one attached hydrogen (secondary N) is 1. The molecule has 2 heterocycles. The normalized spacial score (nSPS) is 11.1. The number of nitrogens with zero attached hydrogens (tertiary/aromatic N) is 4. The summed E-state index contributed by atoms with van der Waals surface area (Å²) in [6, 6.07) is 4.16. The van der Waals surface area contributed by atoms with Crippen molar-refractivity contribution in [3.63, 3.8) is 0 Å². The van der Waals surface area contributed by atoms with Crippen molar-refractivity contribution in [2.45, 2.75) is 32.9 Å². The lowest BCUT2D eigenvalue weighted by Gasteiger charge is -2.12. The van der Waals surface area contributed by atoms with Crippen LogP contribution in [0, 0.1) is 0 Å². The van der Waals surface area contributed by atoms with Crippen molar-refractivity contribution in [2.75, 3.05) is 19.0 Å². The van der Waals surface area contributed by atoms with E-state index in [9.17, 15) is 0 Å². The molecule has 0 aliphatic carbocycles. The number of hydrogen-bond donors (Lipinski definition) is 1. The summed E-state index contributed by atoms with van der Waals surface area (Å²) >= 11 is 0. The molecule has 5 nitrogen and oxygen atoms in total. The van der Waals surface area contributed by atoms with Crippen LogP contribution in [0.1, 0.15) is 36.6 Å². The molecule has 0 amide bonds. The number of anilines is 1. The minimum absolute atomic E-state index is 0.448. The Morgan fingerprint density at radius 1 is 1.29 bits per heavy atom. The largest absolute Gasteiger partial charge is 0.363 e. The molecule has 2 rings (SSSR count). The third-order valence-corrected chi connectivity index (χ3v) is 3.40. The highest BCUT2D eigenvalue weighted by atomic mass is 15.3. The van der Waals surface area contributed by atoms with Gasteiger partial charge in [0.2, 0.25) is 0 Å². The van der Waals surface area contributed by atoms with Crippen molar-refractivity contribution in [1.82, 2.24) is 20.1 Å². The summed E-state index contributed by atoms with van der Waals surface area (Å²) in [7, 11) is 5.98. The van der Waals surface area contributed by atoms with E-state index >= 15 is 0 Å². The van der Waals surface area contributed by atoms with Gasteiger partial charge in [-0.15, -0.1) is 0 Å². The molecule has 0 saturated carbocycles. The maximum absolute atomic E-state index is 4.53. The first-order valence-electron chi connectivity index (χ1n) is 7.32. The van der Waals surface area contributed by atoms with Crippen molar-refractivity contribution in [2.24, 2.45) is 7.05 Å². The van der Waals surface area contributed by atoms with Gasteiger partial charge in [-0.2, -0.15) is 5.10 Å². The summed E-state index contributed by atoms with van der Waals surface area (Å²) in [6.45, 7) is 6.02. The predicted molar refractivity (Wildman–Crippen MR) is 86.4 cm³/mol. The SMILES string of the molecule is CC(C)c1nn(C)cc1CNCc1ccnc(N(C)C)c1. The van der Waals surface area contributed by atoms with Gasteiger partial charge in [0.15, 0.2) is 0 Å². The van der Waals surface area contributed by atoms with Gasteiger partial charge in [-0.3, -0.25) is 4.68 Å². The maximum Gasteiger partial charge on any atom is 0.128 e. The van der Waals surface area contributed by atoms with E-state index in [2.05, 4.69) is 41.5 Å². The second-order valence-corrected chi connectivity index (χ2v) is 5.89. The van der Waals surface area contributed by atoms with Crippen LogP contribution in [0.5, 0.6) is 0 Å². The Bertz CT molecular complexity index is 586. The number of aryl methyl sites for hydroxylation is 1. The van der Waals surface area contributed by atoms with Gasteiger partial charge in [0.05, 0.1) is 5.69 Å². The second kappa shape index (κ2) is 6.72. The van der Waals surface area contributed by atoms with E-state index in [-0.39, 0.29) is 0 Å². The van der Waals surface area contributed by atoms with E-state index in [1.54, 1.807) is 0 Å². The molecular formula is C16H25N5. The molecule has 0 aliphatic rings. The van der Waals surface area contributed by atoms with Crippen molar-refractivity contribution in [1.29, 1.82) is 0 Å². The molecule has 2 aromatic rings. The van der Waals surface area contributed by atoms with Gasteiger partial charge >= 0.3 is 0 Å². The lowest BCUT2D eigenvalue weighted by atomic mass is 10.1. The van der Waals surface area contributed by atoms with Crippen LogP contribution in [0.4, 0.5) is 5.82 Å². The van der Waals surface area contributed by atoms with Gasteiger partial charge in [0, 0.05) is 52.2 Å². The predicted octanol–water partition coefficient (Wildman–Crippen LogP) is 2.29. The fourth-order valence-electron chi connectivity index (χ4n) is 2.33. The number of aromatic nitrogens is 3. The van der Waals surface area contributed by atoms with Gasteiger partial charge < -0.3 is 10.2 Å². The third kappa shape index (κ3) is 4.04. The van der Waals surface area contributed by atoms with Gasteiger partial charge in [0.1, 0.15) is 5.82 Å². The fraction of sp³-hybridized carbons (Fsp3) is 0.500. The second-order valence-electron chi connectivity index (χ2n) is 5.89. The van der Waals surface area contributed by atoms with E-state index in [1.807, 2.05) is 43.0 Å². The van der Waals surface area contributed by atoms with E-state index in [4.69, 9.17) is 0 Å². The topological polar surface area (TPSA) is 46.0 Å². The highest BCUT2D eigenvalue weighted by molar-refractivity contribution is 5.39. The summed E-state index contributed by atoms with van der Waals surface area (Å²) < 4.78 is 1.89. The highest BCUT2D eigenvalue weighted by Gasteiger charge is 2.10. The zero-order valence-corrected chi connectivity index (χ0v) is 13.6. The molecule has 0 radical (unpaired) electrons. The van der Waals surface area contributed by atoms with Crippen LogP contribution in [-0.4, -0.2) is 28.9 Å². The minimum Gasteiger partial charge on any atom is -0.363 e. The summed E-state index contributed by atoms with van der Waals surface area (Å²) in [5, 5.41) is 8.03. The Hall–Kier alpha value is -1.88. The van der Waals surface area contributed by atoms with Crippen LogP contribution in [0.2, 0.25) is 0 Å². The molecular weight excluding hydrogens is 262 g/mol. The van der Waals surface area contributed by atoms with E-state index < -0.39 is 0 Å². The summed E-state index contributed by atoms with van der Waals surface area (Å²) in [5.74, 6) is 1.43. The van der Waals surface area contributed by atoms with E-state index in [1.165, 1.54) is 16.8 Å².